The van der Waals surface area contributed by atoms with E-state index in [1.165, 1.54) is 15.9 Å². The van der Waals surface area contributed by atoms with E-state index in [4.69, 9.17) is 0 Å². The van der Waals surface area contributed by atoms with E-state index in [0.717, 1.165) is 5.56 Å². The molecule has 0 radical (unpaired) electrons. The maximum atomic E-state index is 13.3. The molecule has 184 valence electrons. The number of carbonyl (C=O) groups excluding carboxylic acids is 2. The summed E-state index contributed by atoms with van der Waals surface area (Å²) < 4.78 is 27.2. The molecule has 0 N–H and O–H groups in total. The van der Waals surface area contributed by atoms with Crippen LogP contribution in [-0.2, 0) is 10.0 Å². The van der Waals surface area contributed by atoms with Crippen molar-refractivity contribution in [2.75, 3.05) is 39.3 Å². The monoisotopic (exact) mass is 485 g/mol. The summed E-state index contributed by atoms with van der Waals surface area (Å²) in [7, 11) is -3.65. The number of carbonyl (C=O) groups is 2. The summed E-state index contributed by atoms with van der Waals surface area (Å²) in [6, 6.07) is 12.4. The third-order valence-corrected chi connectivity index (χ3v) is 8.51. The Morgan fingerprint density at radius 2 is 1.41 bits per heavy atom. The number of hydrogen-bond donors (Lipinski definition) is 0. The molecule has 0 atom stereocenters. The van der Waals surface area contributed by atoms with Gasteiger partial charge in [-0.05, 0) is 48.2 Å². The molecule has 1 fully saturated rings. The largest absolute Gasteiger partial charge is 0.335 e. The molecule has 0 saturated carbocycles. The lowest BCUT2D eigenvalue weighted by molar-refractivity contribution is 0.0535. The smallest absolute Gasteiger partial charge is 0.254 e. The van der Waals surface area contributed by atoms with Crippen molar-refractivity contribution in [3.63, 3.8) is 0 Å². The van der Waals surface area contributed by atoms with Crippen molar-refractivity contribution in [3.05, 3.63) is 64.7 Å². The van der Waals surface area contributed by atoms with E-state index < -0.39 is 10.0 Å². The Labute approximate surface area is 203 Å². The van der Waals surface area contributed by atoms with Crippen LogP contribution in [0.2, 0.25) is 0 Å². The molecule has 34 heavy (non-hydrogen) atoms. The van der Waals surface area contributed by atoms with E-state index in [0.29, 0.717) is 56.3 Å². The Kier molecular flexibility index (Phi) is 8.15. The topological polar surface area (TPSA) is 78.0 Å². The highest BCUT2D eigenvalue weighted by Crippen LogP contribution is 2.22. The molecule has 1 aliphatic rings. The first-order chi connectivity index (χ1) is 16.1. The van der Waals surface area contributed by atoms with Crippen LogP contribution >= 0.6 is 0 Å². The Morgan fingerprint density at radius 3 is 1.91 bits per heavy atom. The highest BCUT2D eigenvalue weighted by molar-refractivity contribution is 7.89. The predicted octanol–water partition coefficient (Wildman–Crippen LogP) is 3.75. The zero-order chi connectivity index (χ0) is 25.0. The number of nitrogens with zero attached hydrogens (tertiary/aromatic N) is 3. The molecule has 0 bridgehead atoms. The Bertz CT molecular complexity index is 1130. The number of rotatable bonds is 7. The standard InChI is InChI=1S/C26H35N3O4S/c1-6-29(7-2)34(32,33)23-13-8-20(5)24(18-23)26(31)28-16-14-27(15-17-28)25(30)22-11-9-21(10-12-22)19(3)4/h8-13,18-19H,6-7,14-17H2,1-5H3. The predicted molar refractivity (Wildman–Crippen MR) is 134 cm³/mol. The lowest BCUT2D eigenvalue weighted by atomic mass is 10.0. The molecule has 0 aliphatic carbocycles. The summed E-state index contributed by atoms with van der Waals surface area (Å²) in [5.41, 5.74) is 2.95. The van der Waals surface area contributed by atoms with Crippen LogP contribution in [0.25, 0.3) is 0 Å². The summed E-state index contributed by atoms with van der Waals surface area (Å²) >= 11 is 0. The summed E-state index contributed by atoms with van der Waals surface area (Å²) in [5, 5.41) is 0. The van der Waals surface area contributed by atoms with Crippen LogP contribution in [-0.4, -0.2) is 73.6 Å². The lowest BCUT2D eigenvalue weighted by Crippen LogP contribution is -2.50. The van der Waals surface area contributed by atoms with Gasteiger partial charge in [0.05, 0.1) is 4.90 Å². The number of benzene rings is 2. The van der Waals surface area contributed by atoms with Gasteiger partial charge in [-0.25, -0.2) is 8.42 Å². The van der Waals surface area contributed by atoms with E-state index >= 15 is 0 Å². The van der Waals surface area contributed by atoms with E-state index in [2.05, 4.69) is 13.8 Å². The number of amides is 2. The average Bonchev–Trinajstić information content (AvgIpc) is 2.84. The molecular weight excluding hydrogens is 450 g/mol. The molecule has 2 amide bonds. The zero-order valence-electron chi connectivity index (χ0n) is 20.7. The Morgan fingerprint density at radius 1 is 0.882 bits per heavy atom. The van der Waals surface area contributed by atoms with Crippen molar-refractivity contribution in [2.24, 2.45) is 0 Å². The van der Waals surface area contributed by atoms with Gasteiger partial charge in [0.1, 0.15) is 0 Å². The highest BCUT2D eigenvalue weighted by Gasteiger charge is 2.28. The minimum atomic E-state index is -3.65. The van der Waals surface area contributed by atoms with E-state index in [-0.39, 0.29) is 16.7 Å². The van der Waals surface area contributed by atoms with Crippen molar-refractivity contribution >= 4 is 21.8 Å². The van der Waals surface area contributed by atoms with Gasteiger partial charge in [0.15, 0.2) is 0 Å². The Balaban J connectivity index is 1.71. The second-order valence-corrected chi connectivity index (χ2v) is 10.9. The van der Waals surface area contributed by atoms with Gasteiger partial charge in [-0.15, -0.1) is 0 Å². The Hall–Kier alpha value is -2.71. The normalized spacial score (nSPS) is 14.7. The summed E-state index contributed by atoms with van der Waals surface area (Å²) in [6.07, 6.45) is 0. The van der Waals surface area contributed by atoms with Crippen LogP contribution in [0.3, 0.4) is 0 Å². The van der Waals surface area contributed by atoms with E-state index in [9.17, 15) is 18.0 Å². The van der Waals surface area contributed by atoms with Gasteiger partial charge < -0.3 is 9.80 Å². The van der Waals surface area contributed by atoms with Gasteiger partial charge in [0, 0.05) is 50.4 Å². The van der Waals surface area contributed by atoms with Crippen LogP contribution in [0.5, 0.6) is 0 Å². The van der Waals surface area contributed by atoms with E-state index in [1.54, 1.807) is 35.8 Å². The molecule has 1 saturated heterocycles. The average molecular weight is 486 g/mol. The third-order valence-electron chi connectivity index (χ3n) is 6.46. The summed E-state index contributed by atoms with van der Waals surface area (Å²) in [4.78, 5) is 29.8. The van der Waals surface area contributed by atoms with Gasteiger partial charge in [-0.3, -0.25) is 9.59 Å². The first kappa shape index (κ1) is 25.9. The van der Waals surface area contributed by atoms with Crippen molar-refractivity contribution in [3.8, 4) is 0 Å². The van der Waals surface area contributed by atoms with Crippen molar-refractivity contribution in [2.45, 2.75) is 45.4 Å². The molecular formula is C26H35N3O4S. The van der Waals surface area contributed by atoms with Crippen LogP contribution in [0, 0.1) is 6.92 Å². The molecule has 0 aromatic heterocycles. The number of aryl methyl sites for hydroxylation is 1. The number of sulfonamides is 1. The second-order valence-electron chi connectivity index (χ2n) is 8.93. The summed E-state index contributed by atoms with van der Waals surface area (Å²) in [5.74, 6) is 0.163. The maximum Gasteiger partial charge on any atom is 0.254 e. The molecule has 2 aromatic rings. The first-order valence-corrected chi connectivity index (χ1v) is 13.3. The fourth-order valence-electron chi connectivity index (χ4n) is 4.18. The van der Waals surface area contributed by atoms with Crippen LogP contribution in [0.1, 0.15) is 65.5 Å². The maximum absolute atomic E-state index is 13.3. The molecule has 8 heteroatoms. The molecule has 0 unspecified atom stereocenters. The zero-order valence-corrected chi connectivity index (χ0v) is 21.6. The number of piperazine rings is 1. The van der Waals surface area contributed by atoms with Gasteiger partial charge in [0.2, 0.25) is 10.0 Å². The van der Waals surface area contributed by atoms with Gasteiger partial charge >= 0.3 is 0 Å². The minimum Gasteiger partial charge on any atom is -0.335 e. The number of hydrogen-bond acceptors (Lipinski definition) is 4. The summed E-state index contributed by atoms with van der Waals surface area (Å²) in [6.45, 7) is 12.0. The molecule has 2 aromatic carbocycles. The first-order valence-electron chi connectivity index (χ1n) is 11.9. The molecule has 1 heterocycles. The minimum absolute atomic E-state index is 0.0362. The van der Waals surface area contributed by atoms with Gasteiger partial charge in [0.25, 0.3) is 11.8 Å². The van der Waals surface area contributed by atoms with Gasteiger partial charge in [-0.1, -0.05) is 45.9 Å². The molecule has 3 rings (SSSR count). The van der Waals surface area contributed by atoms with Crippen molar-refractivity contribution < 1.29 is 18.0 Å². The molecule has 1 aliphatic heterocycles. The third kappa shape index (κ3) is 5.33. The van der Waals surface area contributed by atoms with Crippen LogP contribution < -0.4 is 0 Å². The highest BCUT2D eigenvalue weighted by atomic mass is 32.2. The van der Waals surface area contributed by atoms with Crippen molar-refractivity contribution in [1.29, 1.82) is 0 Å². The fourth-order valence-corrected chi connectivity index (χ4v) is 5.67. The second kappa shape index (κ2) is 10.7. The fraction of sp³-hybridized carbons (Fsp3) is 0.462. The van der Waals surface area contributed by atoms with E-state index in [1.807, 2.05) is 31.2 Å². The molecule has 7 nitrogen and oxygen atoms in total. The van der Waals surface area contributed by atoms with Gasteiger partial charge in [-0.2, -0.15) is 4.31 Å². The lowest BCUT2D eigenvalue weighted by Gasteiger charge is -2.35. The van der Waals surface area contributed by atoms with Crippen molar-refractivity contribution in [1.82, 2.24) is 14.1 Å². The van der Waals surface area contributed by atoms with Crippen LogP contribution in [0.4, 0.5) is 0 Å². The quantitative estimate of drug-likeness (QED) is 0.599. The molecule has 0 spiro atoms. The SMILES string of the molecule is CCN(CC)S(=O)(=O)c1ccc(C)c(C(=O)N2CCN(C(=O)c3ccc(C(C)C)cc3)CC2)c1. The van der Waals surface area contributed by atoms with Crippen LogP contribution in [0.15, 0.2) is 47.4 Å².